The molecule has 94 valence electrons. The Bertz CT molecular complexity index is 220. The summed E-state index contributed by atoms with van der Waals surface area (Å²) >= 11 is 0. The quantitative estimate of drug-likeness (QED) is 0.387. The van der Waals surface area contributed by atoms with Crippen molar-refractivity contribution >= 4 is 5.96 Å². The fraction of sp³-hybridized carbons (Fsp3) is 0.909. The molecule has 0 aromatic heterocycles. The fourth-order valence-corrected chi connectivity index (χ4v) is 1.93. The third-order valence-electron chi connectivity index (χ3n) is 2.87. The summed E-state index contributed by atoms with van der Waals surface area (Å²) in [5.74, 6) is 1.61. The average Bonchev–Trinajstić information content (AvgIpc) is 2.69. The molecule has 0 saturated carbocycles. The van der Waals surface area contributed by atoms with Crippen molar-refractivity contribution in [2.75, 3.05) is 54.0 Å². The van der Waals surface area contributed by atoms with E-state index in [1.54, 1.807) is 14.2 Å². The van der Waals surface area contributed by atoms with Crippen LogP contribution in [0.25, 0.3) is 0 Å². The number of aliphatic imine (C=N–C) groups is 1. The van der Waals surface area contributed by atoms with Crippen LogP contribution in [0.4, 0.5) is 0 Å². The second-order valence-electron chi connectivity index (χ2n) is 4.29. The van der Waals surface area contributed by atoms with Gasteiger partial charge in [-0.2, -0.15) is 0 Å². The Morgan fingerprint density at radius 2 is 2.31 bits per heavy atom. The number of nitrogens with zero attached hydrogens (tertiary/aromatic N) is 2. The molecule has 16 heavy (non-hydrogen) atoms. The Labute approximate surface area is 98.3 Å². The molecule has 1 heterocycles. The van der Waals surface area contributed by atoms with Crippen LogP contribution in [0.2, 0.25) is 0 Å². The minimum absolute atomic E-state index is 0.701. The van der Waals surface area contributed by atoms with Crippen molar-refractivity contribution in [3.63, 3.8) is 0 Å². The highest BCUT2D eigenvalue weighted by atomic mass is 16.5. The van der Waals surface area contributed by atoms with E-state index in [1.165, 1.54) is 19.5 Å². The first-order valence-electron chi connectivity index (χ1n) is 5.88. The molecule has 0 aromatic carbocycles. The molecule has 0 bridgehead atoms. The molecule has 1 aliphatic rings. The zero-order valence-electron chi connectivity index (χ0n) is 10.6. The maximum Gasteiger partial charge on any atom is 0.191 e. The van der Waals surface area contributed by atoms with Gasteiger partial charge in [0.15, 0.2) is 5.96 Å². The second kappa shape index (κ2) is 7.46. The smallest absolute Gasteiger partial charge is 0.191 e. The van der Waals surface area contributed by atoms with Gasteiger partial charge in [0.05, 0.1) is 6.61 Å². The number of likely N-dealkylation sites (tertiary alicyclic amines) is 1. The summed E-state index contributed by atoms with van der Waals surface area (Å²) in [4.78, 5) is 6.53. The normalized spacial score (nSPS) is 22.4. The SMILES string of the molecule is CN=C(NCCOC)NCC1CCN(C)C1. The van der Waals surface area contributed by atoms with E-state index in [-0.39, 0.29) is 0 Å². The molecule has 5 nitrogen and oxygen atoms in total. The Balaban J connectivity index is 2.14. The van der Waals surface area contributed by atoms with Gasteiger partial charge in [0.2, 0.25) is 0 Å². The van der Waals surface area contributed by atoms with Gasteiger partial charge in [-0.1, -0.05) is 0 Å². The molecule has 5 heteroatoms. The first-order chi connectivity index (χ1) is 7.76. The molecule has 1 aliphatic heterocycles. The lowest BCUT2D eigenvalue weighted by molar-refractivity contribution is 0.203. The summed E-state index contributed by atoms with van der Waals surface area (Å²) < 4.78 is 4.98. The summed E-state index contributed by atoms with van der Waals surface area (Å²) in [7, 11) is 5.67. The van der Waals surface area contributed by atoms with E-state index in [0.29, 0.717) is 6.61 Å². The predicted molar refractivity (Wildman–Crippen MR) is 66.8 cm³/mol. The van der Waals surface area contributed by atoms with Crippen molar-refractivity contribution in [1.29, 1.82) is 0 Å². The number of guanidine groups is 1. The monoisotopic (exact) mass is 228 g/mol. The Morgan fingerprint density at radius 3 is 2.88 bits per heavy atom. The van der Waals surface area contributed by atoms with E-state index in [1.807, 2.05) is 0 Å². The third kappa shape index (κ3) is 4.81. The van der Waals surface area contributed by atoms with Crippen molar-refractivity contribution < 1.29 is 4.74 Å². The van der Waals surface area contributed by atoms with E-state index in [4.69, 9.17) is 4.74 Å². The van der Waals surface area contributed by atoms with Crippen LogP contribution in [0, 0.1) is 5.92 Å². The van der Waals surface area contributed by atoms with Gasteiger partial charge in [-0.3, -0.25) is 4.99 Å². The molecule has 2 N–H and O–H groups in total. The number of hydrogen-bond donors (Lipinski definition) is 2. The topological polar surface area (TPSA) is 48.9 Å². The highest BCUT2D eigenvalue weighted by Gasteiger charge is 2.19. The van der Waals surface area contributed by atoms with Crippen molar-refractivity contribution in [2.24, 2.45) is 10.9 Å². The van der Waals surface area contributed by atoms with Crippen molar-refractivity contribution in [1.82, 2.24) is 15.5 Å². The second-order valence-corrected chi connectivity index (χ2v) is 4.29. The maximum absolute atomic E-state index is 4.98. The van der Waals surface area contributed by atoms with E-state index >= 15 is 0 Å². The molecule has 1 atom stereocenters. The molecular weight excluding hydrogens is 204 g/mol. The van der Waals surface area contributed by atoms with Crippen LogP contribution in [-0.2, 0) is 4.74 Å². The molecule has 1 rings (SSSR count). The lowest BCUT2D eigenvalue weighted by atomic mass is 10.1. The molecule has 0 amide bonds. The summed E-state index contributed by atoms with van der Waals surface area (Å²) in [6.45, 7) is 4.88. The highest BCUT2D eigenvalue weighted by Crippen LogP contribution is 2.12. The molecule has 0 radical (unpaired) electrons. The first kappa shape index (κ1) is 13.3. The van der Waals surface area contributed by atoms with Gasteiger partial charge in [0.25, 0.3) is 0 Å². The third-order valence-corrected chi connectivity index (χ3v) is 2.87. The van der Waals surface area contributed by atoms with Gasteiger partial charge < -0.3 is 20.3 Å². The zero-order chi connectivity index (χ0) is 11.8. The minimum Gasteiger partial charge on any atom is -0.383 e. The van der Waals surface area contributed by atoms with Crippen LogP contribution in [-0.4, -0.2) is 64.9 Å². The van der Waals surface area contributed by atoms with Crippen molar-refractivity contribution in [2.45, 2.75) is 6.42 Å². The summed E-state index contributed by atoms with van der Waals surface area (Å²) in [5.41, 5.74) is 0. The molecular formula is C11H24N4O. The Morgan fingerprint density at radius 1 is 1.50 bits per heavy atom. The molecule has 1 unspecified atom stereocenters. The van der Waals surface area contributed by atoms with Gasteiger partial charge in [0.1, 0.15) is 0 Å². The number of nitrogens with one attached hydrogen (secondary N) is 2. The largest absolute Gasteiger partial charge is 0.383 e. The Hall–Kier alpha value is -0.810. The lowest BCUT2D eigenvalue weighted by Crippen LogP contribution is -2.41. The van der Waals surface area contributed by atoms with Crippen molar-refractivity contribution in [3.8, 4) is 0 Å². The van der Waals surface area contributed by atoms with Crippen LogP contribution in [0.5, 0.6) is 0 Å². The van der Waals surface area contributed by atoms with E-state index in [2.05, 4.69) is 27.6 Å². The average molecular weight is 228 g/mol. The lowest BCUT2D eigenvalue weighted by Gasteiger charge is -2.15. The Kier molecular flexibility index (Phi) is 6.18. The van der Waals surface area contributed by atoms with Crippen LogP contribution >= 0.6 is 0 Å². The maximum atomic E-state index is 4.98. The predicted octanol–water partition coefficient (Wildman–Crippen LogP) is -0.250. The standard InChI is InChI=1S/C11H24N4O/c1-12-11(13-5-7-16-3)14-8-10-4-6-15(2)9-10/h10H,4-9H2,1-3H3,(H2,12,13,14). The highest BCUT2D eigenvalue weighted by molar-refractivity contribution is 5.79. The van der Waals surface area contributed by atoms with Crippen molar-refractivity contribution in [3.05, 3.63) is 0 Å². The molecule has 0 spiro atoms. The van der Waals surface area contributed by atoms with Crippen LogP contribution in [0.3, 0.4) is 0 Å². The number of methoxy groups -OCH3 is 1. The summed E-state index contributed by atoms with van der Waals surface area (Å²) in [6.07, 6.45) is 1.28. The first-order valence-corrected chi connectivity index (χ1v) is 5.88. The fourth-order valence-electron chi connectivity index (χ4n) is 1.93. The summed E-state index contributed by atoms with van der Waals surface area (Å²) in [6, 6.07) is 0. The van der Waals surface area contributed by atoms with Gasteiger partial charge >= 0.3 is 0 Å². The molecule has 0 aliphatic carbocycles. The zero-order valence-corrected chi connectivity index (χ0v) is 10.6. The van der Waals surface area contributed by atoms with Gasteiger partial charge in [-0.25, -0.2) is 0 Å². The number of ether oxygens (including phenoxy) is 1. The van der Waals surface area contributed by atoms with Gasteiger partial charge in [0, 0.05) is 33.8 Å². The number of rotatable bonds is 5. The van der Waals surface area contributed by atoms with Crippen LogP contribution in [0.15, 0.2) is 4.99 Å². The minimum atomic E-state index is 0.701. The van der Waals surface area contributed by atoms with E-state index in [9.17, 15) is 0 Å². The van der Waals surface area contributed by atoms with Gasteiger partial charge in [-0.05, 0) is 25.9 Å². The number of hydrogen-bond acceptors (Lipinski definition) is 3. The van der Waals surface area contributed by atoms with E-state index in [0.717, 1.165) is 25.0 Å². The van der Waals surface area contributed by atoms with E-state index < -0.39 is 0 Å². The molecule has 0 aromatic rings. The molecule has 1 fully saturated rings. The summed E-state index contributed by atoms with van der Waals surface area (Å²) in [5, 5.41) is 6.55. The van der Waals surface area contributed by atoms with Crippen LogP contribution < -0.4 is 10.6 Å². The van der Waals surface area contributed by atoms with Crippen LogP contribution in [0.1, 0.15) is 6.42 Å². The molecule has 1 saturated heterocycles. The van der Waals surface area contributed by atoms with Gasteiger partial charge in [-0.15, -0.1) is 0 Å².